The number of piperidine rings is 1. The Bertz CT molecular complexity index is 505. The van der Waals surface area contributed by atoms with Gasteiger partial charge in [-0.15, -0.1) is 0 Å². The van der Waals surface area contributed by atoms with E-state index in [-0.39, 0.29) is 12.0 Å². The van der Waals surface area contributed by atoms with Crippen molar-refractivity contribution in [3.8, 4) is 0 Å². The molecule has 0 atom stereocenters. The van der Waals surface area contributed by atoms with Crippen LogP contribution in [0.2, 0.25) is 5.02 Å². The van der Waals surface area contributed by atoms with Gasteiger partial charge in [-0.1, -0.05) is 30.7 Å². The molecular weight excluding hydrogens is 274 g/mol. The fourth-order valence-corrected chi connectivity index (χ4v) is 2.59. The van der Waals surface area contributed by atoms with E-state index in [1.165, 1.54) is 0 Å². The van der Waals surface area contributed by atoms with Gasteiger partial charge in [0.1, 0.15) is 0 Å². The van der Waals surface area contributed by atoms with E-state index >= 15 is 0 Å². The van der Waals surface area contributed by atoms with E-state index in [1.807, 2.05) is 31.2 Å². The van der Waals surface area contributed by atoms with Gasteiger partial charge in [0.25, 0.3) is 0 Å². The van der Waals surface area contributed by atoms with Crippen LogP contribution in [0.15, 0.2) is 30.3 Å². The summed E-state index contributed by atoms with van der Waals surface area (Å²) in [6, 6.07) is 7.56. The quantitative estimate of drug-likeness (QED) is 0.870. The normalized spacial score (nSPS) is 17.4. The van der Waals surface area contributed by atoms with Gasteiger partial charge in [-0.3, -0.25) is 4.79 Å². The number of aliphatic hydroxyl groups is 1. The summed E-state index contributed by atoms with van der Waals surface area (Å²) in [4.78, 5) is 14.1. The van der Waals surface area contributed by atoms with E-state index in [0.29, 0.717) is 31.0 Å². The van der Waals surface area contributed by atoms with Crippen LogP contribution < -0.4 is 0 Å². The van der Waals surface area contributed by atoms with Crippen molar-refractivity contribution in [1.29, 1.82) is 0 Å². The Kier molecular flexibility index (Phi) is 5.21. The third-order valence-electron chi connectivity index (χ3n) is 3.65. The zero-order valence-corrected chi connectivity index (χ0v) is 12.4. The number of likely N-dealkylation sites (tertiary alicyclic amines) is 1. The average molecular weight is 294 g/mol. The van der Waals surface area contributed by atoms with Crippen LogP contribution in [0.25, 0.3) is 5.57 Å². The first-order valence-electron chi connectivity index (χ1n) is 7.03. The third kappa shape index (κ3) is 3.84. The molecule has 0 unspecified atom stereocenters. The molecule has 108 valence electrons. The summed E-state index contributed by atoms with van der Waals surface area (Å²) in [5.41, 5.74) is 1.98. The maximum Gasteiger partial charge on any atom is 0.246 e. The molecular formula is C16H20ClNO2. The van der Waals surface area contributed by atoms with Crippen molar-refractivity contribution < 1.29 is 9.90 Å². The maximum absolute atomic E-state index is 12.3. The van der Waals surface area contributed by atoms with Crippen LogP contribution in [0.3, 0.4) is 0 Å². The molecule has 1 aromatic rings. The van der Waals surface area contributed by atoms with Crippen LogP contribution in [-0.2, 0) is 4.79 Å². The van der Waals surface area contributed by atoms with Crippen molar-refractivity contribution in [3.63, 3.8) is 0 Å². The Morgan fingerprint density at radius 1 is 1.45 bits per heavy atom. The molecule has 0 aliphatic carbocycles. The van der Waals surface area contributed by atoms with Gasteiger partial charge in [0.2, 0.25) is 5.91 Å². The van der Waals surface area contributed by atoms with E-state index in [9.17, 15) is 9.90 Å². The topological polar surface area (TPSA) is 40.5 Å². The molecule has 1 aliphatic heterocycles. The molecule has 0 aromatic heterocycles. The Labute approximate surface area is 124 Å². The summed E-state index contributed by atoms with van der Waals surface area (Å²) in [5.74, 6) is 0.0220. The van der Waals surface area contributed by atoms with Crippen molar-refractivity contribution >= 4 is 23.1 Å². The van der Waals surface area contributed by atoms with E-state index < -0.39 is 0 Å². The Hall–Kier alpha value is -1.32. The van der Waals surface area contributed by atoms with Crippen LogP contribution in [0.1, 0.15) is 31.7 Å². The first-order chi connectivity index (χ1) is 9.60. The summed E-state index contributed by atoms with van der Waals surface area (Å²) in [5, 5.41) is 10.2. The number of benzene rings is 1. The minimum atomic E-state index is -0.262. The maximum atomic E-state index is 12.3. The molecule has 1 saturated heterocycles. The third-order valence-corrected chi connectivity index (χ3v) is 3.89. The van der Waals surface area contributed by atoms with Gasteiger partial charge >= 0.3 is 0 Å². The van der Waals surface area contributed by atoms with Crippen LogP contribution in [0, 0.1) is 0 Å². The lowest BCUT2D eigenvalue weighted by Crippen LogP contribution is -2.39. The van der Waals surface area contributed by atoms with E-state index in [4.69, 9.17) is 11.6 Å². The lowest BCUT2D eigenvalue weighted by Gasteiger charge is -2.29. The summed E-state index contributed by atoms with van der Waals surface area (Å²) in [7, 11) is 0. The molecule has 20 heavy (non-hydrogen) atoms. The number of hydrogen-bond acceptors (Lipinski definition) is 2. The number of rotatable bonds is 3. The number of halogens is 1. The number of allylic oxidation sites excluding steroid dienone is 1. The second-order valence-electron chi connectivity index (χ2n) is 5.09. The highest BCUT2D eigenvalue weighted by atomic mass is 35.5. The summed E-state index contributed by atoms with van der Waals surface area (Å²) in [6.07, 6.45) is 3.55. The molecule has 1 amide bonds. The molecule has 0 bridgehead atoms. The zero-order valence-electron chi connectivity index (χ0n) is 11.7. The molecule has 2 rings (SSSR count). The van der Waals surface area contributed by atoms with Crippen LogP contribution in [0.4, 0.5) is 0 Å². The molecule has 1 fully saturated rings. The van der Waals surface area contributed by atoms with Gasteiger partial charge in [-0.05, 0) is 42.5 Å². The molecule has 0 saturated carbocycles. The minimum Gasteiger partial charge on any atom is -0.393 e. The molecule has 1 N–H and O–H groups in total. The second-order valence-corrected chi connectivity index (χ2v) is 5.53. The van der Waals surface area contributed by atoms with Crippen molar-refractivity contribution in [2.75, 3.05) is 13.1 Å². The number of carbonyl (C=O) groups excluding carboxylic acids is 1. The standard InChI is InChI=1S/C16H20ClNO2/c1-2-12(13-4-3-5-14(17)10-13)11-16(20)18-8-6-15(19)7-9-18/h3-5,10-11,15,19H,2,6-9H2,1H3. The van der Waals surface area contributed by atoms with E-state index in [2.05, 4.69) is 0 Å². The Morgan fingerprint density at radius 2 is 2.15 bits per heavy atom. The fourth-order valence-electron chi connectivity index (χ4n) is 2.40. The molecule has 1 aromatic carbocycles. The molecule has 1 heterocycles. The predicted octanol–water partition coefficient (Wildman–Crippen LogP) is 3.12. The number of aliphatic hydroxyl groups excluding tert-OH is 1. The number of amides is 1. The van der Waals surface area contributed by atoms with Crippen LogP contribution in [-0.4, -0.2) is 35.1 Å². The molecule has 0 spiro atoms. The SMILES string of the molecule is CCC(=CC(=O)N1CCC(O)CC1)c1cccc(Cl)c1. The van der Waals surface area contributed by atoms with E-state index in [0.717, 1.165) is 17.6 Å². The van der Waals surface area contributed by atoms with Gasteiger partial charge in [0, 0.05) is 24.2 Å². The summed E-state index contributed by atoms with van der Waals surface area (Å²) in [6.45, 7) is 3.28. The largest absolute Gasteiger partial charge is 0.393 e. The van der Waals surface area contributed by atoms with Gasteiger partial charge in [-0.25, -0.2) is 0 Å². The minimum absolute atomic E-state index is 0.0220. The zero-order chi connectivity index (χ0) is 14.5. The number of hydrogen-bond donors (Lipinski definition) is 1. The highest BCUT2D eigenvalue weighted by molar-refractivity contribution is 6.30. The summed E-state index contributed by atoms with van der Waals surface area (Å²) >= 11 is 6.00. The molecule has 1 aliphatic rings. The lowest BCUT2D eigenvalue weighted by atomic mass is 10.0. The fraction of sp³-hybridized carbons (Fsp3) is 0.438. The Balaban J connectivity index is 2.12. The predicted molar refractivity (Wildman–Crippen MR) is 81.5 cm³/mol. The highest BCUT2D eigenvalue weighted by Gasteiger charge is 2.20. The van der Waals surface area contributed by atoms with E-state index in [1.54, 1.807) is 11.0 Å². The van der Waals surface area contributed by atoms with Gasteiger partial charge in [0.05, 0.1) is 6.10 Å². The van der Waals surface area contributed by atoms with Gasteiger partial charge in [0.15, 0.2) is 0 Å². The van der Waals surface area contributed by atoms with Crippen LogP contribution >= 0.6 is 11.6 Å². The van der Waals surface area contributed by atoms with Crippen molar-refractivity contribution in [3.05, 3.63) is 40.9 Å². The molecule has 4 heteroatoms. The van der Waals surface area contributed by atoms with Crippen LogP contribution in [0.5, 0.6) is 0 Å². The number of carbonyl (C=O) groups is 1. The smallest absolute Gasteiger partial charge is 0.246 e. The van der Waals surface area contributed by atoms with Crippen molar-refractivity contribution in [1.82, 2.24) is 4.90 Å². The van der Waals surface area contributed by atoms with Crippen molar-refractivity contribution in [2.24, 2.45) is 0 Å². The lowest BCUT2D eigenvalue weighted by molar-refractivity contribution is -0.127. The summed E-state index contributed by atoms with van der Waals surface area (Å²) < 4.78 is 0. The van der Waals surface area contributed by atoms with Gasteiger partial charge < -0.3 is 10.0 Å². The monoisotopic (exact) mass is 293 g/mol. The second kappa shape index (κ2) is 6.91. The highest BCUT2D eigenvalue weighted by Crippen LogP contribution is 2.22. The Morgan fingerprint density at radius 3 is 2.75 bits per heavy atom. The number of nitrogens with zero attached hydrogens (tertiary/aromatic N) is 1. The first kappa shape index (κ1) is 15.1. The average Bonchev–Trinajstić information content (AvgIpc) is 2.45. The first-order valence-corrected chi connectivity index (χ1v) is 7.41. The van der Waals surface area contributed by atoms with Gasteiger partial charge in [-0.2, -0.15) is 0 Å². The van der Waals surface area contributed by atoms with Crippen molar-refractivity contribution in [2.45, 2.75) is 32.3 Å². The molecule has 3 nitrogen and oxygen atoms in total. The molecule has 0 radical (unpaired) electrons.